The Morgan fingerprint density at radius 3 is 2.38 bits per heavy atom. The Morgan fingerprint density at radius 1 is 1.02 bits per heavy atom. The van der Waals surface area contributed by atoms with Crippen LogP contribution in [0.5, 0.6) is 5.75 Å². The second-order valence-electron chi connectivity index (χ2n) is 9.17. The van der Waals surface area contributed by atoms with Gasteiger partial charge < -0.3 is 20.1 Å². The van der Waals surface area contributed by atoms with Crippen molar-refractivity contribution in [2.45, 2.75) is 17.2 Å². The number of halogens is 1. The van der Waals surface area contributed by atoms with Crippen LogP contribution < -0.4 is 15.4 Å². The first-order valence-corrected chi connectivity index (χ1v) is 15.3. The Morgan fingerprint density at radius 2 is 1.74 bits per heavy atom. The summed E-state index contributed by atoms with van der Waals surface area (Å²) in [5, 5.41) is 24.6. The van der Waals surface area contributed by atoms with E-state index in [1.807, 2.05) is 41.8 Å². The van der Waals surface area contributed by atoms with Crippen molar-refractivity contribution in [1.29, 1.82) is 10.5 Å². The molecule has 2 aromatic carbocycles. The van der Waals surface area contributed by atoms with Gasteiger partial charge >= 0.3 is 5.97 Å². The van der Waals surface area contributed by atoms with E-state index >= 15 is 0 Å². The standard InChI is InChI=1S/C30H25ClN6O3S2/c31-21-6-2-20(3-7-21)29-35-22(17-41-29)18-42-30-25(15-33)27(24(14-32)28(36-30)37-10-1-11-37)19-4-8-23(9-5-19)39-12-13-40-26(38)16-34/h2-9,17H,1,10-13,16,18,34H2. The van der Waals surface area contributed by atoms with Gasteiger partial charge in [0.25, 0.3) is 0 Å². The van der Waals surface area contributed by atoms with Gasteiger partial charge in [-0.15, -0.1) is 11.3 Å². The van der Waals surface area contributed by atoms with Gasteiger partial charge in [-0.05, 0) is 36.2 Å². The molecular weight excluding hydrogens is 592 g/mol. The average Bonchev–Trinajstić information content (AvgIpc) is 3.46. The Labute approximate surface area is 256 Å². The number of carbonyl (C=O) groups is 1. The second kappa shape index (κ2) is 13.7. The number of benzene rings is 2. The van der Waals surface area contributed by atoms with Crippen LogP contribution in [-0.2, 0) is 15.3 Å². The largest absolute Gasteiger partial charge is 0.490 e. The number of thiazole rings is 1. The zero-order chi connectivity index (χ0) is 29.5. The Balaban J connectivity index is 1.41. The van der Waals surface area contributed by atoms with Crippen molar-refractivity contribution < 1.29 is 14.3 Å². The lowest BCUT2D eigenvalue weighted by Crippen LogP contribution is -2.38. The first kappa shape index (κ1) is 29.4. The number of aromatic nitrogens is 2. The van der Waals surface area contributed by atoms with Gasteiger partial charge in [-0.3, -0.25) is 4.79 Å². The highest BCUT2D eigenvalue weighted by atomic mass is 35.5. The summed E-state index contributed by atoms with van der Waals surface area (Å²) in [6.07, 6.45) is 1.02. The number of thioether (sulfide) groups is 1. The number of pyridine rings is 1. The molecule has 0 aliphatic carbocycles. The van der Waals surface area contributed by atoms with E-state index in [1.165, 1.54) is 11.8 Å². The number of nitrogens with two attached hydrogens (primary N) is 1. The quantitative estimate of drug-likeness (QED) is 0.128. The van der Waals surface area contributed by atoms with Crippen molar-refractivity contribution in [3.8, 4) is 39.6 Å². The fourth-order valence-electron chi connectivity index (χ4n) is 4.24. The Kier molecular flexibility index (Phi) is 9.57. The molecule has 5 rings (SSSR count). The molecule has 212 valence electrons. The van der Waals surface area contributed by atoms with Crippen LogP contribution in [0.25, 0.3) is 21.7 Å². The van der Waals surface area contributed by atoms with Crippen molar-refractivity contribution >= 4 is 46.5 Å². The van der Waals surface area contributed by atoms with E-state index in [4.69, 9.17) is 36.8 Å². The molecule has 0 unspecified atom stereocenters. The maximum atomic E-state index is 11.2. The van der Waals surface area contributed by atoms with E-state index in [0.717, 1.165) is 35.8 Å². The lowest BCUT2D eigenvalue weighted by Gasteiger charge is -2.33. The summed E-state index contributed by atoms with van der Waals surface area (Å²) in [6.45, 7) is 1.67. The van der Waals surface area contributed by atoms with Gasteiger partial charge in [-0.2, -0.15) is 10.5 Å². The minimum absolute atomic E-state index is 0.0826. The fraction of sp³-hybridized carbons (Fsp3) is 0.233. The van der Waals surface area contributed by atoms with Gasteiger partial charge in [0.15, 0.2) is 0 Å². The van der Waals surface area contributed by atoms with Crippen molar-refractivity contribution in [1.82, 2.24) is 9.97 Å². The fourth-order valence-corrected chi connectivity index (χ4v) is 6.18. The molecule has 0 atom stereocenters. The van der Waals surface area contributed by atoms with Gasteiger partial charge in [-0.25, -0.2) is 9.97 Å². The molecule has 0 bridgehead atoms. The third-order valence-electron chi connectivity index (χ3n) is 6.45. The SMILES string of the molecule is N#Cc1c(SCc2csc(-c3ccc(Cl)cc3)n2)nc(N2CCC2)c(C#N)c1-c1ccc(OCCOC(=O)CN)cc1. The molecule has 0 amide bonds. The second-order valence-corrected chi connectivity index (χ2v) is 11.4. The smallest absolute Gasteiger partial charge is 0.319 e. The van der Waals surface area contributed by atoms with Crippen molar-refractivity contribution in [2.24, 2.45) is 5.73 Å². The predicted octanol–water partition coefficient (Wildman–Crippen LogP) is 5.65. The van der Waals surface area contributed by atoms with E-state index in [-0.39, 0.29) is 19.8 Å². The van der Waals surface area contributed by atoms with Crippen molar-refractivity contribution in [2.75, 3.05) is 37.7 Å². The first-order chi connectivity index (χ1) is 20.5. The van der Waals surface area contributed by atoms with Gasteiger partial charge in [0.2, 0.25) is 0 Å². The van der Waals surface area contributed by atoms with E-state index in [0.29, 0.717) is 49.6 Å². The number of nitriles is 2. The van der Waals surface area contributed by atoms with Crippen molar-refractivity contribution in [3.05, 3.63) is 75.8 Å². The van der Waals surface area contributed by atoms with Gasteiger partial charge in [0.05, 0.1) is 17.8 Å². The maximum absolute atomic E-state index is 11.2. The van der Waals surface area contributed by atoms with Gasteiger partial charge in [-0.1, -0.05) is 47.6 Å². The van der Waals surface area contributed by atoms with Crippen LogP contribution in [0.3, 0.4) is 0 Å². The van der Waals surface area contributed by atoms with Crippen LogP contribution in [0, 0.1) is 22.7 Å². The van der Waals surface area contributed by atoms with Crippen LogP contribution in [0.2, 0.25) is 5.02 Å². The average molecular weight is 617 g/mol. The molecule has 1 fully saturated rings. The summed E-state index contributed by atoms with van der Waals surface area (Å²) in [5.74, 6) is 1.16. The van der Waals surface area contributed by atoms with Crippen LogP contribution >= 0.6 is 34.7 Å². The molecule has 3 heterocycles. The number of rotatable bonds is 11. The molecule has 1 aliphatic rings. The molecule has 12 heteroatoms. The number of esters is 1. The predicted molar refractivity (Wildman–Crippen MR) is 164 cm³/mol. The van der Waals surface area contributed by atoms with Crippen LogP contribution in [0.15, 0.2) is 58.9 Å². The molecule has 9 nitrogen and oxygen atoms in total. The van der Waals surface area contributed by atoms with Gasteiger partial charge in [0, 0.05) is 40.4 Å². The highest BCUT2D eigenvalue weighted by Crippen LogP contribution is 2.40. The number of carbonyl (C=O) groups excluding carboxylic acids is 1. The van der Waals surface area contributed by atoms with E-state index in [2.05, 4.69) is 17.0 Å². The number of hydrogen-bond acceptors (Lipinski definition) is 11. The lowest BCUT2D eigenvalue weighted by molar-refractivity contribution is -0.142. The third-order valence-corrected chi connectivity index (χ3v) is 8.65. The maximum Gasteiger partial charge on any atom is 0.319 e. The Bertz CT molecular complexity index is 1660. The minimum Gasteiger partial charge on any atom is -0.490 e. The van der Waals surface area contributed by atoms with Crippen LogP contribution in [-0.4, -0.2) is 48.8 Å². The van der Waals surface area contributed by atoms with Crippen LogP contribution in [0.1, 0.15) is 23.2 Å². The molecular formula is C30H25ClN6O3S2. The molecule has 1 aliphatic heterocycles. The topological polar surface area (TPSA) is 138 Å². The third kappa shape index (κ3) is 6.67. The molecule has 42 heavy (non-hydrogen) atoms. The number of anilines is 1. The molecule has 1 saturated heterocycles. The first-order valence-electron chi connectivity index (χ1n) is 13.1. The van der Waals surface area contributed by atoms with Crippen LogP contribution in [0.4, 0.5) is 5.82 Å². The molecule has 0 radical (unpaired) electrons. The molecule has 0 saturated carbocycles. The zero-order valence-electron chi connectivity index (χ0n) is 22.4. The highest BCUT2D eigenvalue weighted by Gasteiger charge is 2.27. The highest BCUT2D eigenvalue weighted by molar-refractivity contribution is 7.98. The molecule has 2 aromatic heterocycles. The van der Waals surface area contributed by atoms with E-state index in [1.54, 1.807) is 23.5 Å². The van der Waals surface area contributed by atoms with E-state index in [9.17, 15) is 15.3 Å². The number of hydrogen-bond donors (Lipinski definition) is 1. The lowest BCUT2D eigenvalue weighted by atomic mass is 9.96. The molecule has 2 N–H and O–H groups in total. The summed E-state index contributed by atoms with van der Waals surface area (Å²) in [5.41, 5.74) is 9.06. The number of nitrogens with zero attached hydrogens (tertiary/aromatic N) is 5. The summed E-state index contributed by atoms with van der Waals surface area (Å²) >= 11 is 9.00. The van der Waals surface area contributed by atoms with Gasteiger partial charge in [0.1, 0.15) is 52.5 Å². The summed E-state index contributed by atoms with van der Waals surface area (Å²) in [4.78, 5) is 22.9. The zero-order valence-corrected chi connectivity index (χ0v) is 24.8. The summed E-state index contributed by atoms with van der Waals surface area (Å²) in [6, 6.07) is 19.3. The summed E-state index contributed by atoms with van der Waals surface area (Å²) < 4.78 is 10.6. The molecule has 4 aromatic rings. The minimum atomic E-state index is -0.497. The monoisotopic (exact) mass is 616 g/mol. The number of ether oxygens (including phenoxy) is 2. The molecule has 0 spiro atoms. The normalized spacial score (nSPS) is 12.2. The summed E-state index contributed by atoms with van der Waals surface area (Å²) in [7, 11) is 0. The van der Waals surface area contributed by atoms with Crippen molar-refractivity contribution in [3.63, 3.8) is 0 Å². The van der Waals surface area contributed by atoms with E-state index < -0.39 is 5.97 Å². The Hall–Kier alpha value is -4.13.